The van der Waals surface area contributed by atoms with Gasteiger partial charge in [0.05, 0.1) is 16.3 Å². The van der Waals surface area contributed by atoms with Crippen LogP contribution in [0.25, 0.3) is 0 Å². The number of benzene rings is 2. The van der Waals surface area contributed by atoms with Crippen LogP contribution in [0, 0.1) is 0 Å². The molecular formula is C16H15NO3S. The molecular weight excluding hydrogens is 286 g/mol. The third-order valence-corrected chi connectivity index (χ3v) is 5.18. The number of fused-ring (bicyclic) bond motifs is 1. The standard InChI is InChI=1S/C16H15NO3S/c1-12-13(2)20-16-11-7-6-10-15(16)17(12)21(18,19)14-8-4-3-5-9-14/h3-11,13H,1H2,2H3. The monoisotopic (exact) mass is 301 g/mol. The number of anilines is 1. The molecule has 4 nitrogen and oxygen atoms in total. The highest BCUT2D eigenvalue weighted by Crippen LogP contribution is 2.40. The third kappa shape index (κ3) is 2.19. The van der Waals surface area contributed by atoms with E-state index in [2.05, 4.69) is 6.58 Å². The molecule has 1 aliphatic heterocycles. The van der Waals surface area contributed by atoms with E-state index in [1.807, 2.05) is 6.07 Å². The number of ether oxygens (including phenoxy) is 1. The molecule has 108 valence electrons. The lowest BCUT2D eigenvalue weighted by Gasteiger charge is -2.35. The molecule has 1 aliphatic rings. The molecule has 0 fully saturated rings. The number of para-hydroxylation sites is 2. The van der Waals surface area contributed by atoms with E-state index >= 15 is 0 Å². The van der Waals surface area contributed by atoms with E-state index in [0.29, 0.717) is 17.1 Å². The SMILES string of the molecule is C=C1C(C)Oc2ccccc2N1S(=O)(=O)c1ccccc1. The highest BCUT2D eigenvalue weighted by Gasteiger charge is 2.35. The van der Waals surface area contributed by atoms with Gasteiger partial charge in [0.1, 0.15) is 11.9 Å². The Labute approximate surface area is 124 Å². The maximum absolute atomic E-state index is 12.9. The molecule has 5 heteroatoms. The van der Waals surface area contributed by atoms with Crippen LogP contribution in [0.5, 0.6) is 5.75 Å². The van der Waals surface area contributed by atoms with E-state index in [-0.39, 0.29) is 4.90 Å². The van der Waals surface area contributed by atoms with Crippen molar-refractivity contribution in [1.82, 2.24) is 0 Å². The van der Waals surface area contributed by atoms with Crippen LogP contribution in [0.1, 0.15) is 6.92 Å². The molecule has 2 aromatic rings. The van der Waals surface area contributed by atoms with Gasteiger partial charge in [-0.05, 0) is 31.2 Å². The van der Waals surface area contributed by atoms with Gasteiger partial charge in [-0.1, -0.05) is 36.9 Å². The van der Waals surface area contributed by atoms with E-state index < -0.39 is 16.1 Å². The molecule has 0 aromatic heterocycles. The minimum absolute atomic E-state index is 0.232. The first-order valence-electron chi connectivity index (χ1n) is 6.56. The van der Waals surface area contributed by atoms with Crippen molar-refractivity contribution in [2.45, 2.75) is 17.9 Å². The van der Waals surface area contributed by atoms with Gasteiger partial charge in [0, 0.05) is 0 Å². The van der Waals surface area contributed by atoms with Crippen molar-refractivity contribution in [3.63, 3.8) is 0 Å². The summed E-state index contributed by atoms with van der Waals surface area (Å²) < 4.78 is 32.8. The maximum atomic E-state index is 12.9. The lowest BCUT2D eigenvalue weighted by molar-refractivity contribution is 0.248. The van der Waals surface area contributed by atoms with Crippen molar-refractivity contribution in [1.29, 1.82) is 0 Å². The van der Waals surface area contributed by atoms with Crippen molar-refractivity contribution >= 4 is 15.7 Å². The Morgan fingerprint density at radius 1 is 1.05 bits per heavy atom. The summed E-state index contributed by atoms with van der Waals surface area (Å²) >= 11 is 0. The zero-order valence-corrected chi connectivity index (χ0v) is 12.4. The molecule has 0 bridgehead atoms. The normalized spacial score (nSPS) is 18.0. The molecule has 21 heavy (non-hydrogen) atoms. The third-order valence-electron chi connectivity index (χ3n) is 3.40. The van der Waals surface area contributed by atoms with Crippen LogP contribution >= 0.6 is 0 Å². The van der Waals surface area contributed by atoms with Crippen molar-refractivity contribution in [3.05, 3.63) is 66.9 Å². The van der Waals surface area contributed by atoms with Crippen LogP contribution in [0.2, 0.25) is 0 Å². The van der Waals surface area contributed by atoms with Crippen LogP contribution < -0.4 is 9.04 Å². The largest absolute Gasteiger partial charge is 0.482 e. The first kappa shape index (κ1) is 13.7. The van der Waals surface area contributed by atoms with Crippen molar-refractivity contribution in [2.24, 2.45) is 0 Å². The van der Waals surface area contributed by atoms with Gasteiger partial charge in [-0.3, -0.25) is 0 Å². The molecule has 1 atom stereocenters. The topological polar surface area (TPSA) is 46.6 Å². The Hall–Kier alpha value is -2.27. The summed E-state index contributed by atoms with van der Waals surface area (Å²) in [6, 6.07) is 15.4. The Kier molecular flexibility index (Phi) is 3.22. The van der Waals surface area contributed by atoms with Gasteiger partial charge >= 0.3 is 0 Å². The van der Waals surface area contributed by atoms with Crippen LogP contribution in [0.3, 0.4) is 0 Å². The molecule has 1 unspecified atom stereocenters. The fourth-order valence-corrected chi connectivity index (χ4v) is 3.86. The van der Waals surface area contributed by atoms with E-state index in [4.69, 9.17) is 4.74 Å². The number of rotatable bonds is 2. The molecule has 1 heterocycles. The van der Waals surface area contributed by atoms with Gasteiger partial charge in [-0.25, -0.2) is 12.7 Å². The van der Waals surface area contributed by atoms with Crippen molar-refractivity contribution in [3.8, 4) is 5.75 Å². The quantitative estimate of drug-likeness (QED) is 0.856. The summed E-state index contributed by atoms with van der Waals surface area (Å²) in [6.07, 6.45) is -0.404. The summed E-state index contributed by atoms with van der Waals surface area (Å²) in [4.78, 5) is 0.232. The number of sulfonamides is 1. The van der Waals surface area contributed by atoms with Crippen LogP contribution in [0.4, 0.5) is 5.69 Å². The number of hydrogen-bond donors (Lipinski definition) is 0. The second-order valence-electron chi connectivity index (χ2n) is 4.80. The van der Waals surface area contributed by atoms with Crippen molar-refractivity contribution < 1.29 is 13.2 Å². The highest BCUT2D eigenvalue weighted by molar-refractivity contribution is 7.93. The van der Waals surface area contributed by atoms with E-state index in [0.717, 1.165) is 0 Å². The summed E-state index contributed by atoms with van der Waals surface area (Å²) in [5.74, 6) is 0.539. The van der Waals surface area contributed by atoms with E-state index in [1.54, 1.807) is 55.5 Å². The second kappa shape index (κ2) is 4.93. The van der Waals surface area contributed by atoms with Gasteiger partial charge in [0.25, 0.3) is 10.0 Å². The molecule has 3 rings (SSSR count). The molecule has 0 radical (unpaired) electrons. The van der Waals surface area contributed by atoms with Crippen molar-refractivity contribution in [2.75, 3.05) is 4.31 Å². The summed E-state index contributed by atoms with van der Waals surface area (Å²) in [5, 5.41) is 0. The Morgan fingerprint density at radius 3 is 2.38 bits per heavy atom. The van der Waals surface area contributed by atoms with Crippen LogP contribution in [0.15, 0.2) is 71.8 Å². The lowest BCUT2D eigenvalue weighted by atomic mass is 10.2. The Bertz CT molecular complexity index is 784. The molecule has 0 aliphatic carbocycles. The van der Waals surface area contributed by atoms with E-state index in [9.17, 15) is 8.42 Å². The molecule has 0 amide bonds. The molecule has 0 spiro atoms. The zero-order chi connectivity index (χ0) is 15.0. The van der Waals surface area contributed by atoms with Gasteiger partial charge in [-0.2, -0.15) is 0 Å². The Morgan fingerprint density at radius 2 is 1.67 bits per heavy atom. The number of hydrogen-bond acceptors (Lipinski definition) is 3. The fourth-order valence-electron chi connectivity index (χ4n) is 2.28. The first-order valence-corrected chi connectivity index (χ1v) is 8.00. The lowest BCUT2D eigenvalue weighted by Crippen LogP contribution is -2.39. The van der Waals surface area contributed by atoms with E-state index in [1.165, 1.54) is 4.31 Å². The van der Waals surface area contributed by atoms with Gasteiger partial charge in [-0.15, -0.1) is 0 Å². The van der Waals surface area contributed by atoms with Gasteiger partial charge in [0.2, 0.25) is 0 Å². The average molecular weight is 301 g/mol. The zero-order valence-electron chi connectivity index (χ0n) is 11.6. The molecule has 0 saturated carbocycles. The fraction of sp³-hybridized carbons (Fsp3) is 0.125. The smallest absolute Gasteiger partial charge is 0.268 e. The van der Waals surface area contributed by atoms with Gasteiger partial charge in [0.15, 0.2) is 0 Å². The second-order valence-corrected chi connectivity index (χ2v) is 6.59. The minimum Gasteiger partial charge on any atom is -0.482 e. The summed E-state index contributed by atoms with van der Waals surface area (Å²) in [7, 11) is -3.70. The summed E-state index contributed by atoms with van der Waals surface area (Å²) in [5.41, 5.74) is 0.891. The Balaban J connectivity index is 2.19. The van der Waals surface area contributed by atoms with Crippen LogP contribution in [-0.4, -0.2) is 14.5 Å². The van der Waals surface area contributed by atoms with Crippen LogP contribution in [-0.2, 0) is 10.0 Å². The maximum Gasteiger partial charge on any atom is 0.268 e. The van der Waals surface area contributed by atoms with Gasteiger partial charge < -0.3 is 4.74 Å². The average Bonchev–Trinajstić information content (AvgIpc) is 2.49. The molecule has 2 aromatic carbocycles. The molecule has 0 N–H and O–H groups in total. The minimum atomic E-state index is -3.70. The number of nitrogens with zero attached hydrogens (tertiary/aromatic N) is 1. The molecule has 0 saturated heterocycles. The highest BCUT2D eigenvalue weighted by atomic mass is 32.2. The predicted molar refractivity (Wildman–Crippen MR) is 81.8 cm³/mol. The predicted octanol–water partition coefficient (Wildman–Crippen LogP) is 3.18. The first-order chi connectivity index (χ1) is 10.0. The summed E-state index contributed by atoms with van der Waals surface area (Å²) in [6.45, 7) is 5.67.